The van der Waals surface area contributed by atoms with Gasteiger partial charge in [-0.3, -0.25) is 9.78 Å². The second-order valence-corrected chi connectivity index (χ2v) is 7.57. The number of nitrogens with one attached hydrogen (secondary N) is 1. The van der Waals surface area contributed by atoms with E-state index < -0.39 is 5.82 Å². The fourth-order valence-electron chi connectivity index (χ4n) is 3.57. The SMILES string of the molecule is O=C(Nc1ccc(Oc2ccc3ncc(N4CCOCC4)nc3c2)cc1)c1cccc(F)c1. The lowest BCUT2D eigenvalue weighted by atomic mass is 10.2. The van der Waals surface area contributed by atoms with Crippen molar-refractivity contribution in [3.05, 3.63) is 84.3 Å². The van der Waals surface area contributed by atoms with E-state index in [1.165, 1.54) is 18.2 Å². The lowest BCUT2D eigenvalue weighted by Crippen LogP contribution is -2.36. The average molecular weight is 444 g/mol. The molecule has 7 nitrogen and oxygen atoms in total. The largest absolute Gasteiger partial charge is 0.457 e. The molecule has 33 heavy (non-hydrogen) atoms. The van der Waals surface area contributed by atoms with Crippen LogP contribution in [0.25, 0.3) is 11.0 Å². The van der Waals surface area contributed by atoms with Crippen LogP contribution in [0.5, 0.6) is 11.5 Å². The molecule has 1 aromatic heterocycles. The van der Waals surface area contributed by atoms with Gasteiger partial charge in [-0.15, -0.1) is 0 Å². The van der Waals surface area contributed by atoms with Gasteiger partial charge in [0.15, 0.2) is 0 Å². The summed E-state index contributed by atoms with van der Waals surface area (Å²) in [7, 11) is 0. The van der Waals surface area contributed by atoms with Crippen molar-refractivity contribution in [3.63, 3.8) is 0 Å². The zero-order chi connectivity index (χ0) is 22.6. The Morgan fingerprint density at radius 2 is 1.76 bits per heavy atom. The van der Waals surface area contributed by atoms with Gasteiger partial charge in [0.25, 0.3) is 5.91 Å². The molecule has 5 rings (SSSR count). The number of carbonyl (C=O) groups is 1. The zero-order valence-electron chi connectivity index (χ0n) is 17.7. The van der Waals surface area contributed by atoms with Gasteiger partial charge in [-0.25, -0.2) is 9.37 Å². The Hall–Kier alpha value is -4.04. The molecule has 3 aromatic carbocycles. The molecular formula is C25H21FN4O3. The fourth-order valence-corrected chi connectivity index (χ4v) is 3.57. The van der Waals surface area contributed by atoms with Crippen LogP contribution in [-0.2, 0) is 4.74 Å². The smallest absolute Gasteiger partial charge is 0.255 e. The summed E-state index contributed by atoms with van der Waals surface area (Å²) in [6.45, 7) is 2.94. The van der Waals surface area contributed by atoms with Crippen LogP contribution in [0.3, 0.4) is 0 Å². The molecule has 0 bridgehead atoms. The number of amides is 1. The van der Waals surface area contributed by atoms with Gasteiger partial charge in [0, 0.05) is 30.4 Å². The number of hydrogen-bond donors (Lipinski definition) is 1. The summed E-state index contributed by atoms with van der Waals surface area (Å²) in [5, 5.41) is 2.75. The van der Waals surface area contributed by atoms with E-state index in [1.54, 1.807) is 36.5 Å². The van der Waals surface area contributed by atoms with Crippen molar-refractivity contribution in [2.24, 2.45) is 0 Å². The van der Waals surface area contributed by atoms with Crippen molar-refractivity contribution in [1.82, 2.24) is 9.97 Å². The molecule has 1 aliphatic rings. The molecule has 8 heteroatoms. The van der Waals surface area contributed by atoms with Crippen molar-refractivity contribution >= 4 is 28.4 Å². The number of ether oxygens (including phenoxy) is 2. The van der Waals surface area contributed by atoms with E-state index in [4.69, 9.17) is 14.5 Å². The molecule has 1 saturated heterocycles. The second-order valence-electron chi connectivity index (χ2n) is 7.57. The summed E-state index contributed by atoms with van der Waals surface area (Å²) in [6, 6.07) is 18.1. The molecule has 2 heterocycles. The molecule has 0 spiro atoms. The number of rotatable bonds is 5. The number of aromatic nitrogens is 2. The molecule has 1 aliphatic heterocycles. The van der Waals surface area contributed by atoms with Gasteiger partial charge >= 0.3 is 0 Å². The predicted molar refractivity (Wildman–Crippen MR) is 123 cm³/mol. The summed E-state index contributed by atoms with van der Waals surface area (Å²) in [6.07, 6.45) is 1.78. The van der Waals surface area contributed by atoms with Crippen LogP contribution >= 0.6 is 0 Å². The number of fused-ring (bicyclic) bond motifs is 1. The van der Waals surface area contributed by atoms with Crippen LogP contribution in [-0.4, -0.2) is 42.2 Å². The van der Waals surface area contributed by atoms with Gasteiger partial charge < -0.3 is 19.7 Å². The van der Waals surface area contributed by atoms with E-state index in [0.29, 0.717) is 30.4 Å². The van der Waals surface area contributed by atoms with E-state index >= 15 is 0 Å². The highest BCUT2D eigenvalue weighted by Gasteiger charge is 2.14. The quantitative estimate of drug-likeness (QED) is 0.483. The first kappa shape index (κ1) is 20.8. The molecular weight excluding hydrogens is 423 g/mol. The van der Waals surface area contributed by atoms with Crippen LogP contribution in [0, 0.1) is 5.82 Å². The van der Waals surface area contributed by atoms with Gasteiger partial charge in [0.1, 0.15) is 23.1 Å². The maximum Gasteiger partial charge on any atom is 0.255 e. The van der Waals surface area contributed by atoms with Gasteiger partial charge in [-0.2, -0.15) is 0 Å². The highest BCUT2D eigenvalue weighted by atomic mass is 19.1. The van der Waals surface area contributed by atoms with Crippen molar-refractivity contribution in [3.8, 4) is 11.5 Å². The Bertz CT molecular complexity index is 1290. The third-order valence-electron chi connectivity index (χ3n) is 5.27. The maximum absolute atomic E-state index is 13.3. The molecule has 0 radical (unpaired) electrons. The summed E-state index contributed by atoms with van der Waals surface area (Å²) in [5.41, 5.74) is 2.37. The molecule has 1 amide bonds. The van der Waals surface area contributed by atoms with Crippen LogP contribution in [0.1, 0.15) is 10.4 Å². The van der Waals surface area contributed by atoms with Crippen molar-refractivity contribution in [2.75, 3.05) is 36.5 Å². The van der Waals surface area contributed by atoms with E-state index in [9.17, 15) is 9.18 Å². The van der Waals surface area contributed by atoms with Gasteiger partial charge in [0.05, 0.1) is 30.4 Å². The number of anilines is 2. The second kappa shape index (κ2) is 9.22. The average Bonchev–Trinajstić information content (AvgIpc) is 2.85. The van der Waals surface area contributed by atoms with Crippen molar-refractivity contribution in [2.45, 2.75) is 0 Å². The van der Waals surface area contributed by atoms with E-state index in [0.717, 1.165) is 29.9 Å². The summed E-state index contributed by atoms with van der Waals surface area (Å²) in [4.78, 5) is 23.7. The van der Waals surface area contributed by atoms with Crippen molar-refractivity contribution in [1.29, 1.82) is 0 Å². The molecule has 1 fully saturated rings. The number of morpholine rings is 1. The topological polar surface area (TPSA) is 76.6 Å². The van der Waals surface area contributed by atoms with E-state index in [-0.39, 0.29) is 11.5 Å². The molecule has 166 valence electrons. The van der Waals surface area contributed by atoms with E-state index in [2.05, 4.69) is 15.2 Å². The molecule has 0 unspecified atom stereocenters. The Labute approximate surface area is 189 Å². The Balaban J connectivity index is 1.28. The minimum Gasteiger partial charge on any atom is -0.457 e. The molecule has 0 atom stereocenters. The standard InChI is InChI=1S/C25H21FN4O3/c26-18-3-1-2-17(14-18)25(31)28-19-4-6-20(7-5-19)33-21-8-9-22-23(15-21)29-24(16-27-22)30-10-12-32-13-11-30/h1-9,14-16H,10-13H2,(H,28,31). The third-order valence-corrected chi connectivity index (χ3v) is 5.27. The lowest BCUT2D eigenvalue weighted by Gasteiger charge is -2.27. The van der Waals surface area contributed by atoms with Crippen LogP contribution in [0.4, 0.5) is 15.9 Å². The zero-order valence-corrected chi connectivity index (χ0v) is 17.7. The number of carbonyl (C=O) groups excluding carboxylic acids is 1. The number of hydrogen-bond acceptors (Lipinski definition) is 6. The predicted octanol–water partition coefficient (Wildman–Crippen LogP) is 4.65. The first-order valence-electron chi connectivity index (χ1n) is 10.6. The molecule has 4 aromatic rings. The molecule has 0 saturated carbocycles. The Morgan fingerprint density at radius 1 is 0.970 bits per heavy atom. The summed E-state index contributed by atoms with van der Waals surface area (Å²) < 4.78 is 24.7. The van der Waals surface area contributed by atoms with Crippen molar-refractivity contribution < 1.29 is 18.7 Å². The van der Waals surface area contributed by atoms with Crippen LogP contribution < -0.4 is 15.0 Å². The summed E-state index contributed by atoms with van der Waals surface area (Å²) >= 11 is 0. The molecule has 0 aliphatic carbocycles. The maximum atomic E-state index is 13.3. The Morgan fingerprint density at radius 3 is 2.55 bits per heavy atom. The third kappa shape index (κ3) is 4.91. The fraction of sp³-hybridized carbons (Fsp3) is 0.160. The highest BCUT2D eigenvalue weighted by Crippen LogP contribution is 2.26. The Kier molecular flexibility index (Phi) is 5.82. The first-order chi connectivity index (χ1) is 16.1. The number of benzene rings is 3. The minimum atomic E-state index is -0.455. The number of halogens is 1. The van der Waals surface area contributed by atoms with Gasteiger partial charge in [-0.1, -0.05) is 6.07 Å². The lowest BCUT2D eigenvalue weighted by molar-refractivity contribution is 0.102. The first-order valence-corrected chi connectivity index (χ1v) is 10.6. The monoisotopic (exact) mass is 444 g/mol. The van der Waals surface area contributed by atoms with Crippen LogP contribution in [0.2, 0.25) is 0 Å². The summed E-state index contributed by atoms with van der Waals surface area (Å²) in [5.74, 6) is 1.22. The van der Waals surface area contributed by atoms with Gasteiger partial charge in [-0.05, 0) is 54.6 Å². The van der Waals surface area contributed by atoms with Crippen LogP contribution in [0.15, 0.2) is 72.9 Å². The highest BCUT2D eigenvalue weighted by molar-refractivity contribution is 6.04. The molecule has 1 N–H and O–H groups in total. The van der Waals surface area contributed by atoms with E-state index in [1.807, 2.05) is 18.2 Å². The number of nitrogens with zero attached hydrogens (tertiary/aromatic N) is 3. The normalized spacial score (nSPS) is 13.7. The van der Waals surface area contributed by atoms with Gasteiger partial charge in [0.2, 0.25) is 0 Å². The minimum absolute atomic E-state index is 0.254.